The van der Waals surface area contributed by atoms with Crippen molar-refractivity contribution >= 4 is 11.8 Å². The third kappa shape index (κ3) is 5.13. The maximum absolute atomic E-state index is 13.3. The van der Waals surface area contributed by atoms with Crippen molar-refractivity contribution in [3.8, 4) is 0 Å². The van der Waals surface area contributed by atoms with E-state index < -0.39 is 0 Å². The van der Waals surface area contributed by atoms with Gasteiger partial charge in [0.1, 0.15) is 0 Å². The number of benzene rings is 1. The number of amides is 2. The average molecular weight is 475 g/mol. The van der Waals surface area contributed by atoms with Crippen molar-refractivity contribution < 1.29 is 9.59 Å². The Morgan fingerprint density at radius 1 is 1.00 bits per heavy atom. The zero-order valence-electron chi connectivity index (χ0n) is 21.3. The Morgan fingerprint density at radius 3 is 2.46 bits per heavy atom. The molecule has 1 aliphatic carbocycles. The molecule has 3 fully saturated rings. The van der Waals surface area contributed by atoms with Gasteiger partial charge < -0.3 is 9.80 Å². The molecule has 1 aromatic heterocycles. The first-order valence-corrected chi connectivity index (χ1v) is 13.2. The Balaban J connectivity index is 1.23. The van der Waals surface area contributed by atoms with E-state index in [2.05, 4.69) is 46.0 Å². The number of carbonyl (C=O) groups excluding carboxylic acids is 2. The van der Waals surface area contributed by atoms with Gasteiger partial charge in [-0.05, 0) is 62.6 Å². The van der Waals surface area contributed by atoms with Crippen molar-refractivity contribution in [2.75, 3.05) is 26.2 Å². The monoisotopic (exact) mass is 474 g/mol. The summed E-state index contributed by atoms with van der Waals surface area (Å²) in [6.45, 7) is 10.4. The molecule has 35 heavy (non-hydrogen) atoms. The Labute approximate surface area is 209 Å². The van der Waals surface area contributed by atoms with E-state index in [0.717, 1.165) is 68.7 Å². The van der Waals surface area contributed by atoms with Crippen molar-refractivity contribution in [3.05, 3.63) is 65.0 Å². The van der Waals surface area contributed by atoms with Gasteiger partial charge in [-0.2, -0.15) is 0 Å². The maximum atomic E-state index is 13.3. The molecule has 1 saturated carbocycles. The molecule has 6 heteroatoms. The average Bonchev–Trinajstić information content (AvgIpc) is 3.60. The van der Waals surface area contributed by atoms with Crippen molar-refractivity contribution in [1.82, 2.24) is 19.7 Å². The number of carbonyl (C=O) groups is 2. The van der Waals surface area contributed by atoms with Crippen LogP contribution in [0.2, 0.25) is 0 Å². The third-order valence-corrected chi connectivity index (χ3v) is 8.22. The van der Waals surface area contributed by atoms with Crippen LogP contribution in [0.1, 0.15) is 59.8 Å². The smallest absolute Gasteiger partial charge is 0.255 e. The maximum Gasteiger partial charge on any atom is 0.255 e. The summed E-state index contributed by atoms with van der Waals surface area (Å²) in [4.78, 5) is 37.6. The minimum Gasteiger partial charge on any atom is -0.338 e. The van der Waals surface area contributed by atoms with Gasteiger partial charge in [-0.1, -0.05) is 37.3 Å². The van der Waals surface area contributed by atoms with Crippen LogP contribution in [0.15, 0.2) is 42.6 Å². The first-order valence-electron chi connectivity index (χ1n) is 13.2. The van der Waals surface area contributed by atoms with Crippen LogP contribution in [0.5, 0.6) is 0 Å². The quantitative estimate of drug-likeness (QED) is 0.634. The molecule has 3 heterocycles. The van der Waals surface area contributed by atoms with Gasteiger partial charge in [0.2, 0.25) is 5.91 Å². The highest BCUT2D eigenvalue weighted by molar-refractivity contribution is 5.96. The number of pyridine rings is 1. The van der Waals surface area contributed by atoms with Crippen LogP contribution >= 0.6 is 0 Å². The van der Waals surface area contributed by atoms with Crippen LogP contribution in [0.25, 0.3) is 0 Å². The number of aromatic nitrogens is 1. The topological polar surface area (TPSA) is 56.8 Å². The lowest BCUT2D eigenvalue weighted by Gasteiger charge is -2.42. The number of nitrogens with zero attached hydrogens (tertiary/aromatic N) is 4. The summed E-state index contributed by atoms with van der Waals surface area (Å²) in [5, 5.41) is 0. The number of likely N-dealkylation sites (tertiary alicyclic amines) is 2. The number of hydrogen-bond acceptors (Lipinski definition) is 4. The first-order chi connectivity index (χ1) is 16.9. The second kappa shape index (κ2) is 10.1. The number of aryl methyl sites for hydroxylation is 2. The van der Waals surface area contributed by atoms with E-state index in [-0.39, 0.29) is 17.9 Å². The van der Waals surface area contributed by atoms with Gasteiger partial charge >= 0.3 is 0 Å². The molecule has 186 valence electrons. The van der Waals surface area contributed by atoms with Gasteiger partial charge in [-0.25, -0.2) is 0 Å². The Kier molecular flexibility index (Phi) is 6.92. The van der Waals surface area contributed by atoms with Crippen molar-refractivity contribution in [2.45, 2.75) is 65.1 Å². The van der Waals surface area contributed by atoms with Gasteiger partial charge in [0, 0.05) is 56.9 Å². The highest BCUT2D eigenvalue weighted by atomic mass is 16.2. The molecule has 3 aliphatic rings. The van der Waals surface area contributed by atoms with Crippen LogP contribution in [0.3, 0.4) is 0 Å². The number of rotatable bonds is 6. The van der Waals surface area contributed by atoms with Crippen molar-refractivity contribution in [3.63, 3.8) is 0 Å². The lowest BCUT2D eigenvalue weighted by atomic mass is 9.91. The molecule has 2 unspecified atom stereocenters. The van der Waals surface area contributed by atoms with E-state index in [1.165, 1.54) is 5.56 Å². The Morgan fingerprint density at radius 2 is 1.77 bits per heavy atom. The summed E-state index contributed by atoms with van der Waals surface area (Å²) in [6, 6.07) is 13.0. The van der Waals surface area contributed by atoms with E-state index in [4.69, 9.17) is 0 Å². The van der Waals surface area contributed by atoms with E-state index in [1.54, 1.807) is 6.20 Å². The second-order valence-corrected chi connectivity index (χ2v) is 10.8. The van der Waals surface area contributed by atoms with Gasteiger partial charge in [0.05, 0.1) is 11.3 Å². The zero-order valence-corrected chi connectivity index (χ0v) is 21.3. The standard InChI is InChI=1S/C29H38N4O2/c1-20-11-14-30-22(3)27(20)29(35)32-16-13-26(21(2)17-32)31-15-12-25(19-31)33(28(34)24-9-10-24)18-23-7-5-4-6-8-23/h4-8,11,14,21,24-26H,9-10,12-13,15-19H2,1-3H3/t21?,25-,26?/m1/s1. The summed E-state index contributed by atoms with van der Waals surface area (Å²) >= 11 is 0. The van der Waals surface area contributed by atoms with Gasteiger partial charge in [0.25, 0.3) is 5.91 Å². The molecule has 2 amide bonds. The minimum atomic E-state index is 0.113. The normalized spacial score (nSPS) is 25.0. The molecular weight excluding hydrogens is 436 g/mol. The van der Waals surface area contributed by atoms with Gasteiger partial charge in [-0.3, -0.25) is 19.5 Å². The molecule has 0 N–H and O–H groups in total. The third-order valence-electron chi connectivity index (χ3n) is 8.22. The summed E-state index contributed by atoms with van der Waals surface area (Å²) in [6.07, 6.45) is 5.87. The summed E-state index contributed by atoms with van der Waals surface area (Å²) in [5.41, 5.74) is 3.78. The first kappa shape index (κ1) is 24.0. The second-order valence-electron chi connectivity index (χ2n) is 10.8. The highest BCUT2D eigenvalue weighted by Crippen LogP contribution is 2.35. The lowest BCUT2D eigenvalue weighted by molar-refractivity contribution is -0.135. The van der Waals surface area contributed by atoms with E-state index >= 15 is 0 Å². The largest absolute Gasteiger partial charge is 0.338 e. The molecule has 2 aliphatic heterocycles. The van der Waals surface area contributed by atoms with Crippen molar-refractivity contribution in [1.29, 1.82) is 0 Å². The Hall–Kier alpha value is -2.73. The van der Waals surface area contributed by atoms with E-state index in [1.807, 2.05) is 30.9 Å². The molecule has 1 aromatic carbocycles. The molecule has 5 rings (SSSR count). The Bertz CT molecular complexity index is 1050. The fraction of sp³-hybridized carbons (Fsp3) is 0.552. The predicted molar refractivity (Wildman–Crippen MR) is 137 cm³/mol. The molecule has 2 aromatic rings. The molecular formula is C29H38N4O2. The van der Waals surface area contributed by atoms with E-state index in [0.29, 0.717) is 24.4 Å². The van der Waals surface area contributed by atoms with Crippen LogP contribution in [-0.2, 0) is 11.3 Å². The highest BCUT2D eigenvalue weighted by Gasteiger charge is 2.41. The summed E-state index contributed by atoms with van der Waals surface area (Å²) in [5.74, 6) is 1.09. The van der Waals surface area contributed by atoms with Crippen LogP contribution in [0.4, 0.5) is 0 Å². The fourth-order valence-corrected chi connectivity index (χ4v) is 6.09. The molecule has 2 saturated heterocycles. The summed E-state index contributed by atoms with van der Waals surface area (Å²) in [7, 11) is 0. The molecule has 6 nitrogen and oxygen atoms in total. The summed E-state index contributed by atoms with van der Waals surface area (Å²) < 4.78 is 0. The number of piperidine rings is 1. The SMILES string of the molecule is Cc1ccnc(C)c1C(=O)N1CCC(N2CC[C@@H](N(Cc3ccccc3)C(=O)C3CC3)C2)C(C)C1. The van der Waals surface area contributed by atoms with Gasteiger partial charge in [-0.15, -0.1) is 0 Å². The van der Waals surface area contributed by atoms with Gasteiger partial charge in [0.15, 0.2) is 0 Å². The number of hydrogen-bond donors (Lipinski definition) is 0. The van der Waals surface area contributed by atoms with E-state index in [9.17, 15) is 9.59 Å². The predicted octanol–water partition coefficient (Wildman–Crippen LogP) is 4.06. The lowest BCUT2D eigenvalue weighted by Crippen LogP contribution is -2.52. The van der Waals surface area contributed by atoms with Crippen LogP contribution < -0.4 is 0 Å². The molecule has 3 atom stereocenters. The fourth-order valence-electron chi connectivity index (χ4n) is 6.09. The van der Waals surface area contributed by atoms with Crippen LogP contribution in [0, 0.1) is 25.7 Å². The molecule has 0 bridgehead atoms. The zero-order chi connectivity index (χ0) is 24.5. The van der Waals surface area contributed by atoms with Crippen LogP contribution in [-0.4, -0.2) is 69.8 Å². The van der Waals surface area contributed by atoms with Crippen molar-refractivity contribution in [2.24, 2.45) is 11.8 Å². The minimum absolute atomic E-state index is 0.113. The molecule has 0 radical (unpaired) electrons. The molecule has 0 spiro atoms.